The number of hydrogen-bond donors (Lipinski definition) is 2. The molecule has 0 radical (unpaired) electrons. The molecule has 0 saturated carbocycles. The number of carbonyl (C=O) groups excluding carboxylic acids is 3. The highest BCUT2D eigenvalue weighted by molar-refractivity contribution is 7.09. The summed E-state index contributed by atoms with van der Waals surface area (Å²) >= 11 is 1.74. The van der Waals surface area contributed by atoms with E-state index < -0.39 is 11.8 Å². The Labute approximate surface area is 161 Å². The Morgan fingerprint density at radius 3 is 2.52 bits per heavy atom. The average Bonchev–Trinajstić information content (AvgIpc) is 3.39. The van der Waals surface area contributed by atoms with Gasteiger partial charge in [0.25, 0.3) is 5.91 Å². The molecule has 3 rings (SSSR count). The van der Waals surface area contributed by atoms with E-state index in [1.807, 2.05) is 6.07 Å². The van der Waals surface area contributed by atoms with Crippen LogP contribution in [-0.4, -0.2) is 66.8 Å². The van der Waals surface area contributed by atoms with Gasteiger partial charge in [-0.25, -0.2) is 0 Å². The quantitative estimate of drug-likeness (QED) is 0.719. The van der Waals surface area contributed by atoms with Gasteiger partial charge < -0.3 is 20.0 Å². The molecular formula is C18H22N4O4S. The maximum absolute atomic E-state index is 12.2. The molecule has 0 atom stereocenters. The summed E-state index contributed by atoms with van der Waals surface area (Å²) in [5, 5.41) is 7.04. The van der Waals surface area contributed by atoms with E-state index in [1.165, 1.54) is 17.2 Å². The molecule has 1 saturated heterocycles. The number of carbonyl (C=O) groups is 3. The van der Waals surface area contributed by atoms with E-state index in [4.69, 9.17) is 4.42 Å². The molecule has 1 fully saturated rings. The van der Waals surface area contributed by atoms with Gasteiger partial charge in [-0.1, -0.05) is 6.07 Å². The number of piperazine rings is 1. The van der Waals surface area contributed by atoms with Gasteiger partial charge in [0.2, 0.25) is 11.8 Å². The van der Waals surface area contributed by atoms with Crippen LogP contribution >= 0.6 is 11.3 Å². The van der Waals surface area contributed by atoms with Crippen LogP contribution in [0.1, 0.15) is 15.4 Å². The van der Waals surface area contributed by atoms with Gasteiger partial charge in [-0.3, -0.25) is 19.3 Å². The van der Waals surface area contributed by atoms with Crippen molar-refractivity contribution in [2.45, 2.75) is 6.54 Å². The normalized spacial score (nSPS) is 14.7. The highest BCUT2D eigenvalue weighted by Crippen LogP contribution is 2.13. The van der Waals surface area contributed by atoms with Crippen molar-refractivity contribution in [1.29, 1.82) is 0 Å². The summed E-state index contributed by atoms with van der Waals surface area (Å²) in [5.74, 6) is -0.862. The number of thiophene rings is 1. The van der Waals surface area contributed by atoms with Crippen molar-refractivity contribution in [3.63, 3.8) is 0 Å². The van der Waals surface area contributed by atoms with Crippen molar-refractivity contribution in [2.24, 2.45) is 0 Å². The third-order valence-electron chi connectivity index (χ3n) is 4.28. The fraction of sp³-hybridized carbons (Fsp3) is 0.389. The first-order valence-electron chi connectivity index (χ1n) is 8.73. The Kier molecular flexibility index (Phi) is 6.61. The summed E-state index contributed by atoms with van der Waals surface area (Å²) in [6, 6.07) is 7.25. The summed E-state index contributed by atoms with van der Waals surface area (Å²) in [6.45, 7) is 3.56. The molecule has 2 aromatic heterocycles. The lowest BCUT2D eigenvalue weighted by Gasteiger charge is -2.34. The maximum Gasteiger partial charge on any atom is 0.287 e. The van der Waals surface area contributed by atoms with Crippen LogP contribution in [0, 0.1) is 0 Å². The van der Waals surface area contributed by atoms with Crippen molar-refractivity contribution >= 4 is 29.1 Å². The summed E-state index contributed by atoms with van der Waals surface area (Å²) < 4.78 is 4.94. The molecule has 144 valence electrons. The summed E-state index contributed by atoms with van der Waals surface area (Å²) in [7, 11) is 0. The van der Waals surface area contributed by atoms with Crippen molar-refractivity contribution in [3.05, 3.63) is 46.5 Å². The Bertz CT molecular complexity index is 752. The van der Waals surface area contributed by atoms with Gasteiger partial charge in [0.05, 0.1) is 19.4 Å². The van der Waals surface area contributed by atoms with Crippen molar-refractivity contribution in [3.8, 4) is 0 Å². The molecule has 9 heteroatoms. The minimum Gasteiger partial charge on any atom is -0.459 e. The van der Waals surface area contributed by atoms with Crippen LogP contribution in [0.15, 0.2) is 40.3 Å². The molecule has 3 heterocycles. The van der Waals surface area contributed by atoms with Gasteiger partial charge in [0.1, 0.15) is 0 Å². The van der Waals surface area contributed by atoms with Crippen molar-refractivity contribution in [1.82, 2.24) is 20.4 Å². The maximum atomic E-state index is 12.2. The molecule has 27 heavy (non-hydrogen) atoms. The smallest absolute Gasteiger partial charge is 0.287 e. The first kappa shape index (κ1) is 19.1. The number of hydrogen-bond acceptors (Lipinski definition) is 6. The van der Waals surface area contributed by atoms with E-state index in [0.717, 1.165) is 19.6 Å². The number of nitrogens with one attached hydrogen (secondary N) is 2. The molecule has 3 amide bonds. The first-order valence-corrected chi connectivity index (χ1v) is 9.60. The van der Waals surface area contributed by atoms with Gasteiger partial charge in [-0.15, -0.1) is 11.3 Å². The summed E-state index contributed by atoms with van der Waals surface area (Å²) in [4.78, 5) is 41.1. The minimum absolute atomic E-state index is 0.0691. The average molecular weight is 390 g/mol. The van der Waals surface area contributed by atoms with Gasteiger partial charge >= 0.3 is 0 Å². The third-order valence-corrected chi connectivity index (χ3v) is 5.14. The van der Waals surface area contributed by atoms with Gasteiger partial charge in [0, 0.05) is 37.6 Å². The molecule has 0 unspecified atom stereocenters. The molecule has 1 aliphatic rings. The number of amides is 3. The monoisotopic (exact) mass is 390 g/mol. The topological polar surface area (TPSA) is 94.9 Å². The number of rotatable bonds is 7. The Morgan fingerprint density at radius 1 is 1.04 bits per heavy atom. The predicted octanol–water partition coefficient (Wildman–Crippen LogP) is 0.532. The zero-order chi connectivity index (χ0) is 19.1. The van der Waals surface area contributed by atoms with Crippen LogP contribution in [0.25, 0.3) is 0 Å². The van der Waals surface area contributed by atoms with Gasteiger partial charge in [-0.2, -0.15) is 0 Å². The minimum atomic E-state index is -0.469. The van der Waals surface area contributed by atoms with E-state index in [0.29, 0.717) is 13.1 Å². The van der Waals surface area contributed by atoms with Crippen LogP contribution in [0.3, 0.4) is 0 Å². The van der Waals surface area contributed by atoms with E-state index >= 15 is 0 Å². The lowest BCUT2D eigenvalue weighted by molar-refractivity contribution is -0.134. The molecule has 0 aliphatic carbocycles. The molecule has 0 aromatic carbocycles. The molecule has 0 spiro atoms. The van der Waals surface area contributed by atoms with Gasteiger partial charge in [-0.05, 0) is 23.6 Å². The van der Waals surface area contributed by atoms with Crippen LogP contribution < -0.4 is 10.6 Å². The van der Waals surface area contributed by atoms with Crippen molar-refractivity contribution in [2.75, 3.05) is 39.3 Å². The van der Waals surface area contributed by atoms with Gasteiger partial charge in [0.15, 0.2) is 5.76 Å². The SMILES string of the molecule is O=C(CNC(=O)c1ccco1)NCC(=O)N1CCN(Cc2cccs2)CC1. The molecule has 0 bridgehead atoms. The zero-order valence-corrected chi connectivity index (χ0v) is 15.7. The third kappa shape index (κ3) is 5.66. The number of furan rings is 1. The fourth-order valence-corrected chi connectivity index (χ4v) is 3.53. The Balaban J connectivity index is 1.32. The lowest BCUT2D eigenvalue weighted by Crippen LogP contribution is -2.51. The number of nitrogens with zero attached hydrogens (tertiary/aromatic N) is 2. The van der Waals surface area contributed by atoms with Crippen LogP contribution in [-0.2, 0) is 16.1 Å². The second kappa shape index (κ2) is 9.33. The Hall–Kier alpha value is -2.65. The van der Waals surface area contributed by atoms with E-state index in [9.17, 15) is 14.4 Å². The lowest BCUT2D eigenvalue weighted by atomic mass is 10.3. The standard InChI is InChI=1S/C18H22N4O4S/c23-16(11-20-18(25)15-4-1-9-26-15)19-12-17(24)22-7-5-21(6-8-22)13-14-3-2-10-27-14/h1-4,9-10H,5-8,11-13H2,(H,19,23)(H,20,25). The molecular weight excluding hydrogens is 368 g/mol. The highest BCUT2D eigenvalue weighted by atomic mass is 32.1. The second-order valence-electron chi connectivity index (χ2n) is 6.17. The first-order chi connectivity index (χ1) is 13.1. The predicted molar refractivity (Wildman–Crippen MR) is 100 cm³/mol. The van der Waals surface area contributed by atoms with E-state index in [2.05, 4.69) is 27.0 Å². The van der Waals surface area contributed by atoms with Crippen molar-refractivity contribution < 1.29 is 18.8 Å². The molecule has 2 aromatic rings. The van der Waals surface area contributed by atoms with E-state index in [1.54, 1.807) is 22.3 Å². The van der Waals surface area contributed by atoms with E-state index in [-0.39, 0.29) is 24.8 Å². The highest BCUT2D eigenvalue weighted by Gasteiger charge is 2.21. The molecule has 2 N–H and O–H groups in total. The summed E-state index contributed by atoms with van der Waals surface area (Å²) in [6.07, 6.45) is 1.38. The van der Waals surface area contributed by atoms with Crippen LogP contribution in [0.5, 0.6) is 0 Å². The fourth-order valence-electron chi connectivity index (χ4n) is 2.78. The van der Waals surface area contributed by atoms with Crippen LogP contribution in [0.2, 0.25) is 0 Å². The molecule has 8 nitrogen and oxygen atoms in total. The van der Waals surface area contributed by atoms with Crippen LogP contribution in [0.4, 0.5) is 0 Å². The second-order valence-corrected chi connectivity index (χ2v) is 7.21. The largest absolute Gasteiger partial charge is 0.459 e. The summed E-state index contributed by atoms with van der Waals surface area (Å²) in [5.41, 5.74) is 0. The molecule has 1 aliphatic heterocycles. The Morgan fingerprint density at radius 2 is 1.85 bits per heavy atom. The zero-order valence-electron chi connectivity index (χ0n) is 14.8.